The van der Waals surface area contributed by atoms with Crippen molar-refractivity contribution in [2.45, 2.75) is 39.0 Å². The number of ketones is 1. The summed E-state index contributed by atoms with van der Waals surface area (Å²) in [6.45, 7) is 8.00. The molecule has 0 radical (unpaired) electrons. The van der Waals surface area contributed by atoms with E-state index in [-0.39, 0.29) is 17.1 Å². The Hall–Kier alpha value is -2.25. The van der Waals surface area contributed by atoms with E-state index in [1.54, 1.807) is 6.08 Å². The van der Waals surface area contributed by atoms with Crippen LogP contribution in [0.3, 0.4) is 0 Å². The van der Waals surface area contributed by atoms with Gasteiger partial charge in [-0.05, 0) is 23.8 Å². The van der Waals surface area contributed by atoms with Crippen LogP contribution in [0.2, 0.25) is 0 Å². The lowest BCUT2D eigenvalue weighted by Crippen LogP contribution is -2.51. The number of allylic oxidation sites excluding steroid dienone is 3. The summed E-state index contributed by atoms with van der Waals surface area (Å²) in [6.07, 6.45) is 3.37. The average Bonchev–Trinajstić information content (AvgIpc) is 2.55. The molecule has 0 bridgehead atoms. The molecule has 0 fully saturated rings. The standard InChI is InChI=1S/C21H22N2OS/c1-4-10-21(13-22)18(14-8-6-5-7-9-14)17-15(23-19(21)25)11-20(2,3)12-16(17)24/h4-9,18H,1,10-12H2,2-3H3,(H,23,25). The molecule has 3 nitrogen and oxygen atoms in total. The molecule has 3 rings (SSSR count). The molecule has 2 aliphatic rings. The SMILES string of the molecule is C=CCC1(C#N)C(=S)NC2=C(C(=O)CC(C)(C)C2)C1c1ccccc1. The topological polar surface area (TPSA) is 52.9 Å². The molecule has 4 heteroatoms. The summed E-state index contributed by atoms with van der Waals surface area (Å²) in [5.41, 5.74) is 1.48. The zero-order valence-electron chi connectivity index (χ0n) is 14.6. The van der Waals surface area contributed by atoms with Gasteiger partial charge in [0.05, 0.1) is 6.07 Å². The fourth-order valence-electron chi connectivity index (χ4n) is 4.10. The molecule has 0 saturated carbocycles. The highest BCUT2D eigenvalue weighted by Gasteiger charge is 2.52. The molecule has 0 amide bonds. The first-order chi connectivity index (χ1) is 11.8. The van der Waals surface area contributed by atoms with Gasteiger partial charge in [-0.1, -0.05) is 62.5 Å². The maximum atomic E-state index is 13.1. The highest BCUT2D eigenvalue weighted by molar-refractivity contribution is 7.80. The van der Waals surface area contributed by atoms with Gasteiger partial charge in [0, 0.05) is 23.6 Å². The van der Waals surface area contributed by atoms with Crippen molar-refractivity contribution in [2.75, 3.05) is 0 Å². The average molecular weight is 350 g/mol. The van der Waals surface area contributed by atoms with Crippen molar-refractivity contribution in [3.05, 3.63) is 59.8 Å². The van der Waals surface area contributed by atoms with E-state index < -0.39 is 5.41 Å². The lowest BCUT2D eigenvalue weighted by Gasteiger charge is -2.46. The van der Waals surface area contributed by atoms with E-state index in [1.165, 1.54) is 0 Å². The molecule has 1 aliphatic heterocycles. The highest BCUT2D eigenvalue weighted by Crippen LogP contribution is 2.52. The number of rotatable bonds is 3. The maximum Gasteiger partial charge on any atom is 0.161 e. The summed E-state index contributed by atoms with van der Waals surface area (Å²) in [5, 5.41) is 13.3. The van der Waals surface area contributed by atoms with E-state index >= 15 is 0 Å². The second-order valence-electron chi connectivity index (χ2n) is 7.71. The van der Waals surface area contributed by atoms with E-state index in [0.29, 0.717) is 17.8 Å². The van der Waals surface area contributed by atoms with Gasteiger partial charge in [0.2, 0.25) is 0 Å². The molecule has 0 aromatic heterocycles. The predicted octanol–water partition coefficient (Wildman–Crippen LogP) is 4.43. The van der Waals surface area contributed by atoms with Crippen LogP contribution < -0.4 is 5.32 Å². The van der Waals surface area contributed by atoms with Gasteiger partial charge in [0.25, 0.3) is 0 Å². The molecule has 2 atom stereocenters. The van der Waals surface area contributed by atoms with Gasteiger partial charge in [-0.25, -0.2) is 0 Å². The Labute approximate surface area is 154 Å². The predicted molar refractivity (Wildman–Crippen MR) is 103 cm³/mol. The molecule has 0 spiro atoms. The number of nitrogens with one attached hydrogen (secondary N) is 1. The summed E-state index contributed by atoms with van der Waals surface area (Å²) < 4.78 is 0. The van der Waals surface area contributed by atoms with Crippen LogP contribution in [0.1, 0.15) is 44.6 Å². The molecule has 1 aliphatic carbocycles. The quantitative estimate of drug-likeness (QED) is 0.647. The van der Waals surface area contributed by atoms with Crippen LogP contribution in [0, 0.1) is 22.2 Å². The van der Waals surface area contributed by atoms with Crippen LogP contribution in [-0.4, -0.2) is 10.8 Å². The number of hydrogen-bond acceptors (Lipinski definition) is 3. The first kappa shape index (κ1) is 17.6. The zero-order valence-corrected chi connectivity index (χ0v) is 15.5. The molecule has 2 unspecified atom stereocenters. The minimum absolute atomic E-state index is 0.106. The normalized spacial score (nSPS) is 28.0. The molecular weight excluding hydrogens is 328 g/mol. The second-order valence-corrected chi connectivity index (χ2v) is 8.12. The first-order valence-electron chi connectivity index (χ1n) is 8.49. The maximum absolute atomic E-state index is 13.1. The van der Waals surface area contributed by atoms with Gasteiger partial charge in [0.1, 0.15) is 10.4 Å². The highest BCUT2D eigenvalue weighted by atomic mass is 32.1. The molecular formula is C21H22N2OS. The number of nitriles is 1. The Morgan fingerprint density at radius 2 is 2.04 bits per heavy atom. The van der Waals surface area contributed by atoms with Crippen molar-refractivity contribution in [3.63, 3.8) is 0 Å². The molecule has 25 heavy (non-hydrogen) atoms. The van der Waals surface area contributed by atoms with Crippen molar-refractivity contribution >= 4 is 23.0 Å². The van der Waals surface area contributed by atoms with Crippen LogP contribution in [0.4, 0.5) is 0 Å². The van der Waals surface area contributed by atoms with Crippen LogP contribution in [-0.2, 0) is 4.79 Å². The number of carbonyl (C=O) groups is 1. The van der Waals surface area contributed by atoms with Crippen molar-refractivity contribution in [1.82, 2.24) is 5.32 Å². The minimum atomic E-state index is -0.978. The zero-order chi connectivity index (χ0) is 18.2. The van der Waals surface area contributed by atoms with E-state index in [0.717, 1.165) is 23.3 Å². The molecule has 0 saturated heterocycles. The van der Waals surface area contributed by atoms with Crippen molar-refractivity contribution in [2.24, 2.45) is 10.8 Å². The van der Waals surface area contributed by atoms with E-state index in [9.17, 15) is 10.1 Å². The third kappa shape index (κ3) is 2.83. The van der Waals surface area contributed by atoms with Gasteiger partial charge in [-0.15, -0.1) is 6.58 Å². The Balaban J connectivity index is 2.27. The van der Waals surface area contributed by atoms with Crippen molar-refractivity contribution < 1.29 is 4.79 Å². The third-order valence-corrected chi connectivity index (χ3v) is 5.64. The largest absolute Gasteiger partial charge is 0.352 e. The minimum Gasteiger partial charge on any atom is -0.352 e. The van der Waals surface area contributed by atoms with Gasteiger partial charge < -0.3 is 5.32 Å². The van der Waals surface area contributed by atoms with Crippen molar-refractivity contribution in [1.29, 1.82) is 5.26 Å². The van der Waals surface area contributed by atoms with Crippen LogP contribution in [0.5, 0.6) is 0 Å². The van der Waals surface area contributed by atoms with Crippen molar-refractivity contribution in [3.8, 4) is 6.07 Å². The Bertz CT molecular complexity index is 816. The molecule has 1 aromatic carbocycles. The van der Waals surface area contributed by atoms with Gasteiger partial charge in [-0.2, -0.15) is 5.26 Å². The van der Waals surface area contributed by atoms with Gasteiger partial charge >= 0.3 is 0 Å². The Kier molecular flexibility index (Phi) is 4.38. The third-order valence-electron chi connectivity index (χ3n) is 5.17. The Morgan fingerprint density at radius 3 is 2.64 bits per heavy atom. The number of Topliss-reactive ketones (excluding diaryl/α,β-unsaturated/α-hetero) is 1. The fourth-order valence-corrected chi connectivity index (χ4v) is 4.47. The van der Waals surface area contributed by atoms with E-state index in [1.807, 2.05) is 30.3 Å². The molecule has 1 heterocycles. The number of benzene rings is 1. The molecule has 128 valence electrons. The van der Waals surface area contributed by atoms with Crippen LogP contribution >= 0.6 is 12.2 Å². The molecule has 1 aromatic rings. The van der Waals surface area contributed by atoms with Gasteiger partial charge in [0.15, 0.2) is 5.78 Å². The fraction of sp³-hybridized carbons (Fsp3) is 0.381. The Morgan fingerprint density at radius 1 is 1.36 bits per heavy atom. The summed E-state index contributed by atoms with van der Waals surface area (Å²) in [7, 11) is 0. The molecule has 1 N–H and O–H groups in total. The number of nitrogens with zero attached hydrogens (tertiary/aromatic N) is 1. The second kappa shape index (κ2) is 6.24. The first-order valence-corrected chi connectivity index (χ1v) is 8.90. The summed E-state index contributed by atoms with van der Waals surface area (Å²) in [4.78, 5) is 13.6. The van der Waals surface area contributed by atoms with Crippen LogP contribution in [0.25, 0.3) is 0 Å². The number of hydrogen-bond donors (Lipinski definition) is 1. The van der Waals surface area contributed by atoms with E-state index in [2.05, 4.69) is 31.8 Å². The number of carbonyl (C=O) groups excluding carboxylic acids is 1. The van der Waals surface area contributed by atoms with E-state index in [4.69, 9.17) is 12.2 Å². The summed E-state index contributed by atoms with van der Waals surface area (Å²) in [6, 6.07) is 12.2. The summed E-state index contributed by atoms with van der Waals surface area (Å²) in [5.74, 6) is -0.247. The van der Waals surface area contributed by atoms with Gasteiger partial charge in [-0.3, -0.25) is 4.79 Å². The number of thiocarbonyl (C=S) groups is 1. The summed E-state index contributed by atoms with van der Waals surface area (Å²) >= 11 is 5.64. The lowest BCUT2D eigenvalue weighted by atomic mass is 9.60. The monoisotopic (exact) mass is 350 g/mol. The smallest absolute Gasteiger partial charge is 0.161 e. The van der Waals surface area contributed by atoms with Crippen LogP contribution in [0.15, 0.2) is 54.3 Å². The lowest BCUT2D eigenvalue weighted by molar-refractivity contribution is -0.118.